The van der Waals surface area contributed by atoms with Gasteiger partial charge in [0.05, 0.1) is 11.4 Å². The van der Waals surface area contributed by atoms with Gasteiger partial charge >= 0.3 is 0 Å². The molecule has 82 valence electrons. The maximum absolute atomic E-state index is 5.92. The van der Waals surface area contributed by atoms with E-state index < -0.39 is 0 Å². The summed E-state index contributed by atoms with van der Waals surface area (Å²) in [5, 5.41) is 1.86. The Morgan fingerprint density at radius 3 is 2.60 bits per heavy atom. The molecule has 5 heteroatoms. The fraction of sp³-hybridized carbons (Fsp3) is 0.300. The lowest BCUT2D eigenvalue weighted by atomic mass is 10.2. The van der Waals surface area contributed by atoms with E-state index in [9.17, 15) is 0 Å². The zero-order chi connectivity index (χ0) is 11.4. The molecule has 0 saturated carbocycles. The topological polar surface area (TPSA) is 79.7 Å². The van der Waals surface area contributed by atoms with Crippen molar-refractivity contribution < 1.29 is 0 Å². The van der Waals surface area contributed by atoms with Crippen molar-refractivity contribution in [1.82, 2.24) is 10.4 Å². The quantitative estimate of drug-likeness (QED) is 0.441. The Morgan fingerprint density at radius 2 is 2.13 bits per heavy atom. The third-order valence-electron chi connectivity index (χ3n) is 2.15. The zero-order valence-corrected chi connectivity index (χ0v) is 9.28. The molecular weight excluding hydrogens is 190 g/mol. The minimum Gasteiger partial charge on any atom is -0.397 e. The maximum Gasteiger partial charge on any atom is 0.117 e. The van der Waals surface area contributed by atoms with E-state index in [-0.39, 0.29) is 0 Å². The Morgan fingerprint density at radius 1 is 1.47 bits per heavy atom. The monoisotopic (exact) mass is 207 g/mol. The van der Waals surface area contributed by atoms with E-state index in [0.717, 1.165) is 11.3 Å². The molecule has 1 aliphatic rings. The Labute approximate surface area is 89.8 Å². The number of likely N-dealkylation sites (N-methyl/N-ethyl adjacent to an activating group) is 1. The van der Waals surface area contributed by atoms with Crippen molar-refractivity contribution in [2.45, 2.75) is 6.92 Å². The molecule has 0 atom stereocenters. The van der Waals surface area contributed by atoms with E-state index in [1.807, 2.05) is 25.2 Å². The molecule has 0 unspecified atom stereocenters. The van der Waals surface area contributed by atoms with Gasteiger partial charge in [0.2, 0.25) is 0 Å². The first-order valence-electron chi connectivity index (χ1n) is 4.63. The fourth-order valence-electron chi connectivity index (χ4n) is 1.34. The van der Waals surface area contributed by atoms with Crippen LogP contribution in [0.2, 0.25) is 0 Å². The molecule has 1 heterocycles. The van der Waals surface area contributed by atoms with Crippen LogP contribution in [0.25, 0.3) is 0 Å². The highest BCUT2D eigenvalue weighted by atomic mass is 15.5. The molecular formula is C10H17N5. The normalized spacial score (nSPS) is 20.6. The van der Waals surface area contributed by atoms with E-state index in [0.29, 0.717) is 11.5 Å². The third kappa shape index (κ3) is 2.52. The SMILES string of the molecule is CN=C(N)C=CC(N)=C1C(C)=CNN1C. The van der Waals surface area contributed by atoms with Gasteiger partial charge in [0, 0.05) is 20.3 Å². The Bertz CT molecular complexity index is 362. The summed E-state index contributed by atoms with van der Waals surface area (Å²) in [7, 11) is 3.54. The van der Waals surface area contributed by atoms with Crippen molar-refractivity contribution >= 4 is 5.84 Å². The van der Waals surface area contributed by atoms with E-state index in [1.54, 1.807) is 19.2 Å². The molecule has 0 aromatic rings. The average molecular weight is 207 g/mol. The van der Waals surface area contributed by atoms with E-state index in [2.05, 4.69) is 10.4 Å². The van der Waals surface area contributed by atoms with Crippen LogP contribution in [0.15, 0.2) is 40.3 Å². The molecule has 0 aromatic carbocycles. The van der Waals surface area contributed by atoms with Gasteiger partial charge in [-0.05, 0) is 24.6 Å². The highest BCUT2D eigenvalue weighted by Crippen LogP contribution is 2.18. The molecule has 0 aromatic heterocycles. The largest absolute Gasteiger partial charge is 0.397 e. The summed E-state index contributed by atoms with van der Waals surface area (Å²) in [6.45, 7) is 1.99. The first kappa shape index (κ1) is 11.2. The van der Waals surface area contributed by atoms with Crippen LogP contribution in [0.5, 0.6) is 0 Å². The van der Waals surface area contributed by atoms with Gasteiger partial charge in [-0.1, -0.05) is 0 Å². The third-order valence-corrected chi connectivity index (χ3v) is 2.15. The lowest BCUT2D eigenvalue weighted by molar-refractivity contribution is 0.380. The Balaban J connectivity index is 2.91. The van der Waals surface area contributed by atoms with Gasteiger partial charge in [0.25, 0.3) is 0 Å². The first-order chi connectivity index (χ1) is 7.06. The van der Waals surface area contributed by atoms with Gasteiger partial charge in [-0.25, -0.2) is 0 Å². The molecule has 0 bridgehead atoms. The summed E-state index contributed by atoms with van der Waals surface area (Å²) in [6, 6.07) is 0. The molecule has 0 saturated heterocycles. The van der Waals surface area contributed by atoms with Gasteiger partial charge in [-0.15, -0.1) is 0 Å². The molecule has 1 aliphatic heterocycles. The van der Waals surface area contributed by atoms with Crippen molar-refractivity contribution in [3.05, 3.63) is 35.3 Å². The minimum atomic E-state index is 0.453. The summed E-state index contributed by atoms with van der Waals surface area (Å²) < 4.78 is 0. The van der Waals surface area contributed by atoms with Crippen molar-refractivity contribution in [2.24, 2.45) is 16.5 Å². The lowest BCUT2D eigenvalue weighted by Gasteiger charge is -2.16. The zero-order valence-electron chi connectivity index (χ0n) is 9.28. The number of nitrogens with zero attached hydrogens (tertiary/aromatic N) is 2. The van der Waals surface area contributed by atoms with Gasteiger partial charge in [-0.3, -0.25) is 10.0 Å². The van der Waals surface area contributed by atoms with Crippen molar-refractivity contribution in [2.75, 3.05) is 14.1 Å². The van der Waals surface area contributed by atoms with Crippen molar-refractivity contribution in [3.8, 4) is 0 Å². The van der Waals surface area contributed by atoms with Gasteiger partial charge < -0.3 is 16.9 Å². The number of hydrogen-bond donors (Lipinski definition) is 3. The number of nitrogens with one attached hydrogen (secondary N) is 1. The molecule has 0 spiro atoms. The van der Waals surface area contributed by atoms with Crippen molar-refractivity contribution in [1.29, 1.82) is 0 Å². The summed E-state index contributed by atoms with van der Waals surface area (Å²) >= 11 is 0. The number of amidine groups is 1. The summed E-state index contributed by atoms with van der Waals surface area (Å²) in [4.78, 5) is 3.81. The van der Waals surface area contributed by atoms with Gasteiger partial charge in [0.1, 0.15) is 5.84 Å². The van der Waals surface area contributed by atoms with E-state index in [4.69, 9.17) is 11.5 Å². The smallest absolute Gasteiger partial charge is 0.117 e. The number of nitrogens with two attached hydrogens (primary N) is 2. The van der Waals surface area contributed by atoms with Crippen LogP contribution in [0.4, 0.5) is 0 Å². The molecule has 5 N–H and O–H groups in total. The molecule has 5 nitrogen and oxygen atoms in total. The first-order valence-corrected chi connectivity index (χ1v) is 4.63. The van der Waals surface area contributed by atoms with Crippen LogP contribution >= 0.6 is 0 Å². The molecule has 0 aliphatic carbocycles. The highest BCUT2D eigenvalue weighted by Gasteiger charge is 2.14. The van der Waals surface area contributed by atoms with Crippen LogP contribution in [-0.4, -0.2) is 24.9 Å². The van der Waals surface area contributed by atoms with Crippen LogP contribution in [0.3, 0.4) is 0 Å². The van der Waals surface area contributed by atoms with Crippen LogP contribution < -0.4 is 16.9 Å². The summed E-state index contributed by atoms with van der Waals surface area (Å²) in [6.07, 6.45) is 5.33. The second kappa shape index (κ2) is 4.54. The fourth-order valence-corrected chi connectivity index (χ4v) is 1.34. The van der Waals surface area contributed by atoms with Crippen LogP contribution in [0.1, 0.15) is 6.92 Å². The minimum absolute atomic E-state index is 0.453. The second-order valence-electron chi connectivity index (χ2n) is 3.30. The predicted molar refractivity (Wildman–Crippen MR) is 62.6 cm³/mol. The van der Waals surface area contributed by atoms with Crippen LogP contribution in [0, 0.1) is 0 Å². The van der Waals surface area contributed by atoms with E-state index in [1.165, 1.54) is 0 Å². The molecule has 1 rings (SSSR count). The molecule has 0 radical (unpaired) electrons. The standard InChI is InChI=1S/C10H17N5/c1-7-6-14-15(3)10(7)8(11)4-5-9(12)13-2/h4-6,14H,11H2,1-3H3,(H2,12,13). The molecule has 0 amide bonds. The molecule has 15 heavy (non-hydrogen) atoms. The van der Waals surface area contributed by atoms with Crippen molar-refractivity contribution in [3.63, 3.8) is 0 Å². The Hall–Kier alpha value is -1.91. The van der Waals surface area contributed by atoms with Crippen LogP contribution in [-0.2, 0) is 0 Å². The molecule has 0 fully saturated rings. The lowest BCUT2D eigenvalue weighted by Crippen LogP contribution is -2.25. The number of rotatable bonds is 2. The maximum atomic E-state index is 5.92. The summed E-state index contributed by atoms with van der Waals surface area (Å²) in [5.74, 6) is 0.453. The number of hydrogen-bond acceptors (Lipinski definition) is 4. The Kier molecular flexibility index (Phi) is 3.38. The summed E-state index contributed by atoms with van der Waals surface area (Å²) in [5.41, 5.74) is 17.2. The van der Waals surface area contributed by atoms with Gasteiger partial charge in [0.15, 0.2) is 0 Å². The number of hydrazine groups is 1. The average Bonchev–Trinajstić information content (AvgIpc) is 2.54. The highest BCUT2D eigenvalue weighted by molar-refractivity contribution is 5.91. The number of aliphatic imine (C=N–C) groups is 1. The number of allylic oxidation sites excluding steroid dienone is 2. The van der Waals surface area contributed by atoms with Gasteiger partial charge in [-0.2, -0.15) is 0 Å². The predicted octanol–water partition coefficient (Wildman–Crippen LogP) is 0.0537. The van der Waals surface area contributed by atoms with E-state index >= 15 is 0 Å². The second-order valence-corrected chi connectivity index (χ2v) is 3.30.